The van der Waals surface area contributed by atoms with Crippen molar-refractivity contribution in [3.63, 3.8) is 0 Å². The molecule has 0 amide bonds. The average molecular weight is 423 g/mol. The van der Waals surface area contributed by atoms with Crippen LogP contribution in [0, 0.1) is 20.8 Å². The van der Waals surface area contributed by atoms with E-state index in [9.17, 15) is 0 Å². The molecule has 0 spiro atoms. The number of thiophene rings is 1. The van der Waals surface area contributed by atoms with E-state index < -0.39 is 0 Å². The fourth-order valence-electron chi connectivity index (χ4n) is 3.91. The van der Waals surface area contributed by atoms with Crippen LogP contribution in [0.15, 0.2) is 24.4 Å². The number of pyridine rings is 1. The van der Waals surface area contributed by atoms with Gasteiger partial charge in [0, 0.05) is 29.9 Å². The monoisotopic (exact) mass is 422 g/mol. The van der Waals surface area contributed by atoms with Crippen LogP contribution in [0.25, 0.3) is 15.9 Å². The Morgan fingerprint density at radius 1 is 1.10 bits per heavy atom. The Labute approximate surface area is 179 Å². The molecule has 0 atom stereocenters. The van der Waals surface area contributed by atoms with Crippen LogP contribution in [0.3, 0.4) is 0 Å². The van der Waals surface area contributed by atoms with Gasteiger partial charge in [-0.25, -0.2) is 15.0 Å². The molecule has 4 aromatic heterocycles. The van der Waals surface area contributed by atoms with Gasteiger partial charge in [0.15, 0.2) is 0 Å². The first-order chi connectivity index (χ1) is 14.6. The first-order valence-corrected chi connectivity index (χ1v) is 11.1. The zero-order chi connectivity index (χ0) is 20.7. The molecule has 1 aliphatic rings. The second kappa shape index (κ2) is 7.94. The third-order valence-corrected chi connectivity index (χ3v) is 6.83. The van der Waals surface area contributed by atoms with Crippen LogP contribution in [-0.2, 0) is 17.8 Å². The van der Waals surface area contributed by atoms with Crippen LogP contribution in [-0.4, -0.2) is 50.6 Å². The molecule has 5 rings (SSSR count). The van der Waals surface area contributed by atoms with E-state index >= 15 is 0 Å². The number of aryl methyl sites for hydroxylation is 3. The fourth-order valence-corrected chi connectivity index (χ4v) is 4.96. The molecule has 0 aliphatic carbocycles. The molecular formula is C22H26N6OS. The minimum Gasteiger partial charge on any atom is -0.379 e. The maximum atomic E-state index is 5.47. The SMILES string of the molecule is Cc1sc2nc(CN3CCOCC3)nc(NCc3cn4c(C)cccc4n3)c2c1C. The maximum Gasteiger partial charge on any atom is 0.146 e. The van der Waals surface area contributed by atoms with E-state index in [1.54, 1.807) is 11.3 Å². The summed E-state index contributed by atoms with van der Waals surface area (Å²) in [6.45, 7) is 11.2. The van der Waals surface area contributed by atoms with Crippen molar-refractivity contribution in [2.45, 2.75) is 33.9 Å². The lowest BCUT2D eigenvalue weighted by molar-refractivity contribution is 0.0331. The van der Waals surface area contributed by atoms with Crippen molar-refractivity contribution < 1.29 is 4.74 Å². The summed E-state index contributed by atoms with van der Waals surface area (Å²) in [5, 5.41) is 4.68. The lowest BCUT2D eigenvalue weighted by atomic mass is 10.2. The first-order valence-electron chi connectivity index (χ1n) is 10.3. The maximum absolute atomic E-state index is 5.47. The van der Waals surface area contributed by atoms with Crippen LogP contribution >= 0.6 is 11.3 Å². The number of anilines is 1. The molecule has 30 heavy (non-hydrogen) atoms. The molecule has 0 radical (unpaired) electrons. The summed E-state index contributed by atoms with van der Waals surface area (Å²) < 4.78 is 7.59. The Morgan fingerprint density at radius 3 is 2.73 bits per heavy atom. The van der Waals surface area contributed by atoms with Gasteiger partial charge in [0.25, 0.3) is 0 Å². The Balaban J connectivity index is 1.45. The van der Waals surface area contributed by atoms with Gasteiger partial charge in [0.2, 0.25) is 0 Å². The Morgan fingerprint density at radius 2 is 1.93 bits per heavy atom. The number of nitrogens with one attached hydrogen (secondary N) is 1. The van der Waals surface area contributed by atoms with Gasteiger partial charge in [-0.2, -0.15) is 0 Å². The zero-order valence-corrected chi connectivity index (χ0v) is 18.4. The molecule has 0 aromatic carbocycles. The molecule has 5 heterocycles. The Bertz CT molecular complexity index is 1210. The predicted molar refractivity (Wildman–Crippen MR) is 120 cm³/mol. The number of rotatable bonds is 5. The highest BCUT2D eigenvalue weighted by Gasteiger charge is 2.18. The van der Waals surface area contributed by atoms with E-state index in [-0.39, 0.29) is 0 Å². The van der Waals surface area contributed by atoms with Crippen molar-refractivity contribution in [1.82, 2.24) is 24.3 Å². The summed E-state index contributed by atoms with van der Waals surface area (Å²) in [5.74, 6) is 1.76. The number of hydrogen-bond donors (Lipinski definition) is 1. The van der Waals surface area contributed by atoms with Crippen molar-refractivity contribution in [1.29, 1.82) is 0 Å². The van der Waals surface area contributed by atoms with Gasteiger partial charge in [0.05, 0.1) is 37.4 Å². The smallest absolute Gasteiger partial charge is 0.146 e. The van der Waals surface area contributed by atoms with E-state index in [0.29, 0.717) is 6.54 Å². The number of hydrogen-bond acceptors (Lipinski definition) is 7. The molecular weight excluding hydrogens is 396 g/mol. The number of fused-ring (bicyclic) bond motifs is 2. The van der Waals surface area contributed by atoms with Gasteiger partial charge in [-0.05, 0) is 38.5 Å². The highest BCUT2D eigenvalue weighted by molar-refractivity contribution is 7.18. The molecule has 1 aliphatic heterocycles. The predicted octanol–water partition coefficient (Wildman–Crippen LogP) is 3.71. The third kappa shape index (κ3) is 3.66. The van der Waals surface area contributed by atoms with Gasteiger partial charge in [0.1, 0.15) is 22.1 Å². The topological polar surface area (TPSA) is 67.6 Å². The van der Waals surface area contributed by atoms with Crippen molar-refractivity contribution in [2.75, 3.05) is 31.6 Å². The molecule has 0 unspecified atom stereocenters. The molecule has 4 aromatic rings. The molecule has 0 bridgehead atoms. The first kappa shape index (κ1) is 19.4. The molecule has 7 nitrogen and oxygen atoms in total. The summed E-state index contributed by atoms with van der Waals surface area (Å²) in [7, 11) is 0. The second-order valence-corrected chi connectivity index (χ2v) is 9.02. The van der Waals surface area contributed by atoms with Crippen molar-refractivity contribution >= 4 is 33.0 Å². The number of ether oxygens (including phenoxy) is 1. The number of nitrogens with zero attached hydrogens (tertiary/aromatic N) is 5. The van der Waals surface area contributed by atoms with Gasteiger partial charge in [-0.1, -0.05) is 6.07 Å². The van der Waals surface area contributed by atoms with E-state index in [2.05, 4.69) is 47.7 Å². The molecule has 8 heteroatoms. The van der Waals surface area contributed by atoms with Crippen LogP contribution < -0.4 is 5.32 Å². The normalized spacial score (nSPS) is 15.3. The van der Waals surface area contributed by atoms with Gasteiger partial charge >= 0.3 is 0 Å². The van der Waals surface area contributed by atoms with Crippen molar-refractivity contribution in [3.8, 4) is 0 Å². The number of morpholine rings is 1. The summed E-state index contributed by atoms with van der Waals surface area (Å²) in [4.78, 5) is 19.2. The van der Waals surface area contributed by atoms with Crippen molar-refractivity contribution in [3.05, 3.63) is 52.0 Å². The zero-order valence-electron chi connectivity index (χ0n) is 17.6. The molecule has 1 N–H and O–H groups in total. The summed E-state index contributed by atoms with van der Waals surface area (Å²) in [6.07, 6.45) is 2.09. The van der Waals surface area contributed by atoms with Gasteiger partial charge in [-0.3, -0.25) is 4.90 Å². The van der Waals surface area contributed by atoms with Crippen LogP contribution in [0.2, 0.25) is 0 Å². The van der Waals surface area contributed by atoms with Crippen LogP contribution in [0.5, 0.6) is 0 Å². The van der Waals surface area contributed by atoms with Gasteiger partial charge in [-0.15, -0.1) is 11.3 Å². The van der Waals surface area contributed by atoms with E-state index in [0.717, 1.165) is 66.0 Å². The molecule has 1 saturated heterocycles. The molecule has 156 valence electrons. The summed E-state index contributed by atoms with van der Waals surface area (Å²) >= 11 is 1.74. The average Bonchev–Trinajstić information content (AvgIpc) is 3.29. The van der Waals surface area contributed by atoms with E-state index in [4.69, 9.17) is 19.7 Å². The second-order valence-electron chi connectivity index (χ2n) is 7.82. The van der Waals surface area contributed by atoms with Crippen LogP contribution in [0.1, 0.15) is 27.7 Å². The minimum atomic E-state index is 0.624. The Hall–Kier alpha value is -2.55. The number of aromatic nitrogens is 4. The Kier molecular flexibility index (Phi) is 5.14. The highest BCUT2D eigenvalue weighted by Crippen LogP contribution is 2.33. The summed E-state index contributed by atoms with van der Waals surface area (Å²) in [6, 6.07) is 6.17. The standard InChI is InChI=1S/C22H26N6OS/c1-14-5-4-6-19-24-17(12-28(14)19)11-23-21-20-15(2)16(3)30-22(20)26-18(25-21)13-27-7-9-29-10-8-27/h4-6,12H,7-11,13H2,1-3H3,(H,23,25,26). The lowest BCUT2D eigenvalue weighted by Gasteiger charge is -2.25. The quantitative estimate of drug-likeness (QED) is 0.529. The van der Waals surface area contributed by atoms with Crippen molar-refractivity contribution in [2.24, 2.45) is 0 Å². The lowest BCUT2D eigenvalue weighted by Crippen LogP contribution is -2.36. The van der Waals surface area contributed by atoms with E-state index in [1.165, 1.54) is 16.1 Å². The summed E-state index contributed by atoms with van der Waals surface area (Å²) in [5.41, 5.74) is 4.39. The van der Waals surface area contributed by atoms with Crippen LogP contribution in [0.4, 0.5) is 5.82 Å². The molecule has 1 fully saturated rings. The number of imidazole rings is 1. The van der Waals surface area contributed by atoms with Gasteiger partial charge < -0.3 is 14.5 Å². The largest absolute Gasteiger partial charge is 0.379 e. The fraction of sp³-hybridized carbons (Fsp3) is 0.409. The molecule has 0 saturated carbocycles. The van der Waals surface area contributed by atoms with E-state index in [1.807, 2.05) is 12.1 Å². The third-order valence-electron chi connectivity index (χ3n) is 5.73. The minimum absolute atomic E-state index is 0.624. The highest BCUT2D eigenvalue weighted by atomic mass is 32.1.